The highest BCUT2D eigenvalue weighted by atomic mass is 32.1. The molecule has 0 unspecified atom stereocenters. The van der Waals surface area contributed by atoms with Crippen molar-refractivity contribution in [2.75, 3.05) is 31.1 Å². The zero-order chi connectivity index (χ0) is 26.8. The number of hydrogen-bond donors (Lipinski definition) is 10. The molecule has 0 spiro atoms. The van der Waals surface area contributed by atoms with E-state index in [0.717, 1.165) is 0 Å². The molecule has 0 aromatic carbocycles. The van der Waals surface area contributed by atoms with E-state index in [4.69, 9.17) is 22.9 Å². The highest BCUT2D eigenvalue weighted by molar-refractivity contribution is 7.81. The first kappa shape index (κ1) is 32.9. The number of carbonyl (C=O) groups excluding carboxylic acids is 5. The van der Waals surface area contributed by atoms with Crippen molar-refractivity contribution >= 4 is 54.8 Å². The number of unbranched alkanes of at least 4 members (excludes halogenated alkanes) is 2. The van der Waals surface area contributed by atoms with Crippen LogP contribution in [-0.2, 0) is 24.0 Å². The first-order chi connectivity index (χ1) is 16.6. The summed E-state index contributed by atoms with van der Waals surface area (Å²) >= 11 is 7.95. The van der Waals surface area contributed by atoms with Crippen molar-refractivity contribution in [2.45, 2.75) is 62.7 Å². The van der Waals surface area contributed by atoms with E-state index in [1.54, 1.807) is 0 Å². The molecule has 0 saturated carbocycles. The molecule has 0 aliphatic heterocycles. The lowest BCUT2D eigenvalue weighted by molar-refractivity contribution is -0.133. The van der Waals surface area contributed by atoms with Gasteiger partial charge in [-0.15, -0.1) is 0 Å². The number of nitrogens with one attached hydrogen (secondary N) is 4. The van der Waals surface area contributed by atoms with Crippen LogP contribution in [0.1, 0.15) is 38.5 Å². The molecule has 0 aliphatic carbocycles. The topological polar surface area (TPSA) is 238 Å². The molecule has 0 rings (SSSR count). The summed E-state index contributed by atoms with van der Waals surface area (Å²) in [5.41, 5.74) is 22.1. The summed E-state index contributed by atoms with van der Waals surface area (Å²) in [6.45, 7) is 0.706. The van der Waals surface area contributed by atoms with Crippen molar-refractivity contribution in [2.24, 2.45) is 22.9 Å². The summed E-state index contributed by atoms with van der Waals surface area (Å²) in [5.74, 6) is -3.14. The summed E-state index contributed by atoms with van der Waals surface area (Å²) in [7, 11) is 0. The van der Waals surface area contributed by atoms with Gasteiger partial charge in [-0.05, 0) is 51.6 Å². The van der Waals surface area contributed by atoms with E-state index >= 15 is 0 Å². The number of primary amides is 1. The lowest BCUT2D eigenvalue weighted by Gasteiger charge is -2.25. The second kappa shape index (κ2) is 19.2. The molecule has 4 atom stereocenters. The molecule has 15 heteroatoms. The van der Waals surface area contributed by atoms with Crippen molar-refractivity contribution < 1.29 is 24.0 Å². The van der Waals surface area contributed by atoms with Crippen LogP contribution in [0.5, 0.6) is 0 Å². The number of hydrogen-bond acceptors (Lipinski definition) is 10. The van der Waals surface area contributed by atoms with Gasteiger partial charge < -0.3 is 44.2 Å². The van der Waals surface area contributed by atoms with Crippen molar-refractivity contribution in [3.8, 4) is 0 Å². The molecule has 13 nitrogen and oxygen atoms in total. The maximum Gasteiger partial charge on any atom is 0.244 e. The zero-order valence-corrected chi connectivity index (χ0v) is 21.6. The van der Waals surface area contributed by atoms with Gasteiger partial charge in [-0.3, -0.25) is 24.0 Å². The van der Waals surface area contributed by atoms with Crippen molar-refractivity contribution in [3.63, 3.8) is 0 Å². The third-order valence-corrected chi connectivity index (χ3v) is 5.65. The Balaban J connectivity index is 5.19. The number of nitrogens with two attached hydrogens (primary N) is 4. The van der Waals surface area contributed by atoms with Gasteiger partial charge in [-0.2, -0.15) is 25.3 Å². The van der Waals surface area contributed by atoms with Crippen LogP contribution in [-0.4, -0.2) is 84.8 Å². The molecule has 0 saturated heterocycles. The Bertz CT molecular complexity index is 700. The third-order valence-electron chi connectivity index (χ3n) is 5.00. The predicted octanol–water partition coefficient (Wildman–Crippen LogP) is -3.51. The van der Waals surface area contributed by atoms with Crippen LogP contribution in [0, 0.1) is 0 Å². The van der Waals surface area contributed by atoms with Crippen LogP contribution >= 0.6 is 25.3 Å². The number of rotatable bonds is 19. The molecule has 0 heterocycles. The second-order valence-corrected chi connectivity index (χ2v) is 8.59. The number of amides is 5. The largest absolute Gasteiger partial charge is 0.368 e. The standard InChI is InChI=1S/C20H40N8O5S2/c21-7-3-1-5-13(17(24)30)26-20(33)15(10-34)28-19(32)14(6-2-4-8-22)27-18(31)12(23)9-25-16(29)11-35/h12-15,34-35H,1-11,21-23H2,(H2,24,30)(H,25,29)(H,26,33)(H,27,31)(H,28,32)/t12-,13-,14-,15-/m0/s1. The molecule has 5 amide bonds. The predicted molar refractivity (Wildman–Crippen MR) is 139 cm³/mol. The molecule has 202 valence electrons. The van der Waals surface area contributed by atoms with Gasteiger partial charge in [0.25, 0.3) is 0 Å². The summed E-state index contributed by atoms with van der Waals surface area (Å²) in [5, 5.41) is 10.1. The van der Waals surface area contributed by atoms with Gasteiger partial charge in [0.15, 0.2) is 0 Å². The van der Waals surface area contributed by atoms with Gasteiger partial charge in [-0.25, -0.2) is 0 Å². The lowest BCUT2D eigenvalue weighted by atomic mass is 10.1. The Hall–Kier alpha value is -2.07. The number of carbonyl (C=O) groups is 5. The quantitative estimate of drug-likeness (QED) is 0.0585. The molecular weight excluding hydrogens is 496 g/mol. The van der Waals surface area contributed by atoms with Crippen LogP contribution < -0.4 is 44.2 Å². The second-order valence-electron chi connectivity index (χ2n) is 7.91. The van der Waals surface area contributed by atoms with Gasteiger partial charge in [0, 0.05) is 12.3 Å². The van der Waals surface area contributed by atoms with Crippen LogP contribution in [0.4, 0.5) is 0 Å². The van der Waals surface area contributed by atoms with E-state index in [0.29, 0.717) is 45.2 Å². The van der Waals surface area contributed by atoms with Gasteiger partial charge >= 0.3 is 0 Å². The zero-order valence-electron chi connectivity index (χ0n) is 19.8. The molecule has 12 N–H and O–H groups in total. The molecule has 0 fully saturated rings. The minimum Gasteiger partial charge on any atom is -0.368 e. The first-order valence-electron chi connectivity index (χ1n) is 11.5. The maximum absolute atomic E-state index is 12.9. The van der Waals surface area contributed by atoms with Crippen LogP contribution in [0.3, 0.4) is 0 Å². The van der Waals surface area contributed by atoms with E-state index in [-0.39, 0.29) is 24.5 Å². The molecule has 0 bridgehead atoms. The fourth-order valence-corrected chi connectivity index (χ4v) is 3.30. The summed E-state index contributed by atoms with van der Waals surface area (Å²) in [4.78, 5) is 61.1. The maximum atomic E-state index is 12.9. The lowest BCUT2D eigenvalue weighted by Crippen LogP contribution is -2.58. The molecule has 35 heavy (non-hydrogen) atoms. The van der Waals surface area contributed by atoms with E-state index in [9.17, 15) is 24.0 Å². The normalized spacial score (nSPS) is 14.2. The highest BCUT2D eigenvalue weighted by Gasteiger charge is 2.29. The summed E-state index contributed by atoms with van der Waals surface area (Å²) in [6, 6.07) is -4.11. The SMILES string of the molecule is NCCCC[C@H](NC(=O)[C@H](CS)NC(=O)[C@H](CCCCN)NC(=O)[C@@H](N)CNC(=O)CS)C(N)=O. The van der Waals surface area contributed by atoms with Crippen LogP contribution in [0.15, 0.2) is 0 Å². The average Bonchev–Trinajstić information content (AvgIpc) is 2.83. The van der Waals surface area contributed by atoms with Crippen molar-refractivity contribution in [1.82, 2.24) is 21.3 Å². The minimum absolute atomic E-state index is 0.0602. The Labute approximate surface area is 216 Å². The van der Waals surface area contributed by atoms with Gasteiger partial charge in [0.1, 0.15) is 24.2 Å². The van der Waals surface area contributed by atoms with E-state index in [2.05, 4.69) is 46.5 Å². The molecule has 0 aromatic rings. The fraction of sp³-hybridized carbons (Fsp3) is 0.750. The van der Waals surface area contributed by atoms with Gasteiger partial charge in [-0.1, -0.05) is 0 Å². The van der Waals surface area contributed by atoms with Crippen LogP contribution in [0.2, 0.25) is 0 Å². The van der Waals surface area contributed by atoms with Crippen molar-refractivity contribution in [3.05, 3.63) is 0 Å². The van der Waals surface area contributed by atoms with Crippen molar-refractivity contribution in [1.29, 1.82) is 0 Å². The Morgan fingerprint density at radius 3 is 1.69 bits per heavy atom. The molecular formula is C20H40N8O5S2. The first-order valence-corrected chi connectivity index (χ1v) is 12.7. The number of thiol groups is 2. The summed E-state index contributed by atoms with van der Waals surface area (Å²) in [6.07, 6.45) is 2.95. The smallest absolute Gasteiger partial charge is 0.244 e. The molecule has 0 aliphatic rings. The average molecular weight is 537 g/mol. The monoisotopic (exact) mass is 536 g/mol. The van der Waals surface area contributed by atoms with E-state index in [1.807, 2.05) is 0 Å². The Morgan fingerprint density at radius 2 is 1.20 bits per heavy atom. The fourth-order valence-electron chi connectivity index (χ4n) is 2.93. The Morgan fingerprint density at radius 1 is 0.714 bits per heavy atom. The van der Waals surface area contributed by atoms with Gasteiger partial charge in [0.05, 0.1) is 5.75 Å². The Kier molecular flexibility index (Phi) is 18.0. The van der Waals surface area contributed by atoms with E-state index < -0.39 is 53.7 Å². The van der Waals surface area contributed by atoms with Gasteiger partial charge in [0.2, 0.25) is 29.5 Å². The molecule has 0 radical (unpaired) electrons. The summed E-state index contributed by atoms with van der Waals surface area (Å²) < 4.78 is 0. The third kappa shape index (κ3) is 14.2. The van der Waals surface area contributed by atoms with Crippen LogP contribution in [0.25, 0.3) is 0 Å². The molecule has 0 aromatic heterocycles. The highest BCUT2D eigenvalue weighted by Crippen LogP contribution is 2.04. The minimum atomic E-state index is -1.10. The van der Waals surface area contributed by atoms with E-state index in [1.165, 1.54) is 0 Å².